The standard InChI is InChI=1S/C20H30N4O2/c1-2-21-20(23-12-11-22-19(26)15-7-8-15)24-13-17-16-6-4-3-5-14(16)9-10-18(17)25/h9-10,15,25H,2-8,11-13H2,1H3,(H,22,26)(H2,21,23,24). The lowest BCUT2D eigenvalue weighted by atomic mass is 9.88. The number of hydrogen-bond acceptors (Lipinski definition) is 3. The third kappa shape index (κ3) is 4.90. The molecule has 3 rings (SSSR count). The molecule has 26 heavy (non-hydrogen) atoms. The number of rotatable bonds is 7. The number of hydrogen-bond donors (Lipinski definition) is 4. The predicted octanol–water partition coefficient (Wildman–Crippen LogP) is 1.85. The Hall–Kier alpha value is -2.24. The van der Waals surface area contributed by atoms with Crippen molar-refractivity contribution in [3.63, 3.8) is 0 Å². The van der Waals surface area contributed by atoms with Gasteiger partial charge in [0, 0.05) is 31.1 Å². The molecule has 6 heteroatoms. The van der Waals surface area contributed by atoms with Gasteiger partial charge in [-0.25, -0.2) is 4.99 Å². The van der Waals surface area contributed by atoms with Crippen molar-refractivity contribution >= 4 is 11.9 Å². The molecule has 142 valence electrons. The van der Waals surface area contributed by atoms with E-state index in [0.29, 0.717) is 31.3 Å². The quantitative estimate of drug-likeness (QED) is 0.340. The summed E-state index contributed by atoms with van der Waals surface area (Å²) in [7, 11) is 0. The van der Waals surface area contributed by atoms with Crippen LogP contribution in [0.2, 0.25) is 0 Å². The van der Waals surface area contributed by atoms with Crippen molar-refractivity contribution in [2.45, 2.75) is 52.0 Å². The van der Waals surface area contributed by atoms with E-state index in [4.69, 9.17) is 0 Å². The van der Waals surface area contributed by atoms with Gasteiger partial charge in [-0.15, -0.1) is 0 Å². The first-order chi connectivity index (χ1) is 12.7. The summed E-state index contributed by atoms with van der Waals surface area (Å²) >= 11 is 0. The average molecular weight is 358 g/mol. The normalized spacial score (nSPS) is 16.7. The zero-order chi connectivity index (χ0) is 18.4. The molecular weight excluding hydrogens is 328 g/mol. The molecule has 0 unspecified atom stereocenters. The zero-order valence-electron chi connectivity index (χ0n) is 15.6. The molecule has 2 aliphatic rings. The molecular formula is C20H30N4O2. The van der Waals surface area contributed by atoms with E-state index in [2.05, 4.69) is 20.9 Å². The van der Waals surface area contributed by atoms with E-state index in [1.807, 2.05) is 13.0 Å². The summed E-state index contributed by atoms with van der Waals surface area (Å²) in [5.41, 5.74) is 3.56. The Bertz CT molecular complexity index is 668. The highest BCUT2D eigenvalue weighted by atomic mass is 16.3. The molecule has 0 heterocycles. The fraction of sp³-hybridized carbons (Fsp3) is 0.600. The summed E-state index contributed by atoms with van der Waals surface area (Å²) in [6.45, 7) is 4.46. The first-order valence-electron chi connectivity index (χ1n) is 9.81. The number of carbonyl (C=O) groups excluding carboxylic acids is 1. The van der Waals surface area contributed by atoms with Crippen molar-refractivity contribution in [3.8, 4) is 5.75 Å². The zero-order valence-corrected chi connectivity index (χ0v) is 15.6. The molecule has 0 saturated heterocycles. The highest BCUT2D eigenvalue weighted by Gasteiger charge is 2.28. The molecule has 0 bridgehead atoms. The Labute approximate surface area is 155 Å². The van der Waals surface area contributed by atoms with Gasteiger partial charge in [0.1, 0.15) is 5.75 Å². The number of nitrogens with zero attached hydrogens (tertiary/aromatic N) is 1. The molecule has 0 aliphatic heterocycles. The number of amides is 1. The predicted molar refractivity (Wildman–Crippen MR) is 103 cm³/mol. The van der Waals surface area contributed by atoms with Gasteiger partial charge in [0.15, 0.2) is 5.96 Å². The number of aliphatic imine (C=N–C) groups is 1. The van der Waals surface area contributed by atoms with Gasteiger partial charge < -0.3 is 21.1 Å². The van der Waals surface area contributed by atoms with Crippen LogP contribution in [-0.4, -0.2) is 36.6 Å². The van der Waals surface area contributed by atoms with Crippen molar-refractivity contribution in [1.29, 1.82) is 0 Å². The van der Waals surface area contributed by atoms with Gasteiger partial charge in [-0.05, 0) is 62.6 Å². The van der Waals surface area contributed by atoms with E-state index in [1.165, 1.54) is 24.0 Å². The van der Waals surface area contributed by atoms with E-state index in [1.54, 1.807) is 6.07 Å². The van der Waals surface area contributed by atoms with Gasteiger partial charge in [0.2, 0.25) is 5.91 Å². The summed E-state index contributed by atoms with van der Waals surface area (Å²) in [6, 6.07) is 3.84. The molecule has 4 N–H and O–H groups in total. The van der Waals surface area contributed by atoms with Crippen LogP contribution in [0.3, 0.4) is 0 Å². The molecule has 1 fully saturated rings. The highest BCUT2D eigenvalue weighted by Crippen LogP contribution is 2.31. The summed E-state index contributed by atoms with van der Waals surface area (Å²) < 4.78 is 0. The van der Waals surface area contributed by atoms with Gasteiger partial charge in [0.25, 0.3) is 0 Å². The van der Waals surface area contributed by atoms with Gasteiger partial charge in [0.05, 0.1) is 6.54 Å². The minimum Gasteiger partial charge on any atom is -0.508 e. The van der Waals surface area contributed by atoms with Gasteiger partial charge in [-0.1, -0.05) is 6.07 Å². The Balaban J connectivity index is 1.57. The minimum atomic E-state index is 0.162. The molecule has 1 amide bonds. The second-order valence-electron chi connectivity index (χ2n) is 7.10. The third-order valence-electron chi connectivity index (χ3n) is 5.03. The van der Waals surface area contributed by atoms with E-state index in [-0.39, 0.29) is 11.8 Å². The lowest BCUT2D eigenvalue weighted by Gasteiger charge is -2.20. The summed E-state index contributed by atoms with van der Waals surface area (Å²) in [4.78, 5) is 16.3. The largest absolute Gasteiger partial charge is 0.508 e. The highest BCUT2D eigenvalue weighted by molar-refractivity contribution is 5.81. The van der Waals surface area contributed by atoms with E-state index < -0.39 is 0 Å². The maximum Gasteiger partial charge on any atom is 0.223 e. The van der Waals surface area contributed by atoms with Crippen molar-refractivity contribution in [3.05, 3.63) is 28.8 Å². The molecule has 0 aromatic heterocycles. The van der Waals surface area contributed by atoms with Crippen LogP contribution in [0.15, 0.2) is 17.1 Å². The Morgan fingerprint density at radius 2 is 1.92 bits per heavy atom. The van der Waals surface area contributed by atoms with E-state index >= 15 is 0 Å². The van der Waals surface area contributed by atoms with E-state index in [0.717, 1.165) is 37.8 Å². The summed E-state index contributed by atoms with van der Waals surface area (Å²) in [5.74, 6) is 1.45. The first-order valence-corrected chi connectivity index (χ1v) is 9.81. The van der Waals surface area contributed by atoms with Gasteiger partial charge >= 0.3 is 0 Å². The van der Waals surface area contributed by atoms with Crippen LogP contribution in [0, 0.1) is 5.92 Å². The minimum absolute atomic E-state index is 0.162. The fourth-order valence-electron chi connectivity index (χ4n) is 3.42. The number of aryl methyl sites for hydroxylation is 1. The van der Waals surface area contributed by atoms with Gasteiger partial charge in [-0.3, -0.25) is 4.79 Å². The molecule has 0 spiro atoms. The number of guanidine groups is 1. The number of phenols is 1. The fourth-order valence-corrected chi connectivity index (χ4v) is 3.42. The van der Waals surface area contributed by atoms with Crippen molar-refractivity contribution in [2.24, 2.45) is 10.9 Å². The summed E-state index contributed by atoms with van der Waals surface area (Å²) in [5, 5.41) is 19.7. The Morgan fingerprint density at radius 1 is 1.15 bits per heavy atom. The van der Waals surface area contributed by atoms with Crippen molar-refractivity contribution < 1.29 is 9.90 Å². The second-order valence-corrected chi connectivity index (χ2v) is 7.10. The monoisotopic (exact) mass is 358 g/mol. The molecule has 1 aromatic rings. The first kappa shape index (κ1) is 18.5. The van der Waals surface area contributed by atoms with Crippen LogP contribution in [0.4, 0.5) is 0 Å². The van der Waals surface area contributed by atoms with Crippen LogP contribution < -0.4 is 16.0 Å². The third-order valence-corrected chi connectivity index (χ3v) is 5.03. The molecule has 1 aromatic carbocycles. The van der Waals surface area contributed by atoms with Crippen molar-refractivity contribution in [1.82, 2.24) is 16.0 Å². The second kappa shape index (κ2) is 8.92. The number of nitrogens with one attached hydrogen (secondary N) is 3. The molecule has 1 saturated carbocycles. The van der Waals surface area contributed by atoms with Crippen LogP contribution in [-0.2, 0) is 24.2 Å². The number of aromatic hydroxyl groups is 1. The van der Waals surface area contributed by atoms with Crippen LogP contribution in [0.1, 0.15) is 49.3 Å². The number of phenolic OH excluding ortho intramolecular Hbond substituents is 1. The lowest BCUT2D eigenvalue weighted by molar-refractivity contribution is -0.122. The Kier molecular flexibility index (Phi) is 6.36. The molecule has 2 aliphatic carbocycles. The Morgan fingerprint density at radius 3 is 2.69 bits per heavy atom. The number of carbonyl (C=O) groups is 1. The maximum absolute atomic E-state index is 11.6. The van der Waals surface area contributed by atoms with E-state index in [9.17, 15) is 9.90 Å². The smallest absolute Gasteiger partial charge is 0.223 e. The van der Waals surface area contributed by atoms with Crippen molar-refractivity contribution in [2.75, 3.05) is 19.6 Å². The lowest BCUT2D eigenvalue weighted by Crippen LogP contribution is -2.41. The topological polar surface area (TPSA) is 85.8 Å². The molecule has 0 atom stereocenters. The van der Waals surface area contributed by atoms with Gasteiger partial charge in [-0.2, -0.15) is 0 Å². The number of benzene rings is 1. The number of fused-ring (bicyclic) bond motifs is 1. The average Bonchev–Trinajstić information content (AvgIpc) is 3.49. The van der Waals surface area contributed by atoms with Crippen LogP contribution in [0.25, 0.3) is 0 Å². The maximum atomic E-state index is 11.6. The van der Waals surface area contributed by atoms with Crippen LogP contribution in [0.5, 0.6) is 5.75 Å². The SMILES string of the molecule is CCNC(=NCc1c(O)ccc2c1CCCC2)NCCNC(=O)C1CC1. The molecule has 0 radical (unpaired) electrons. The summed E-state index contributed by atoms with van der Waals surface area (Å²) in [6.07, 6.45) is 6.54. The van der Waals surface area contributed by atoms with Crippen LogP contribution >= 0.6 is 0 Å². The molecule has 6 nitrogen and oxygen atoms in total.